The zero-order valence-electron chi connectivity index (χ0n) is 14.9. The molecule has 0 aliphatic rings. The van der Waals surface area contributed by atoms with E-state index in [2.05, 4.69) is 53.9 Å². The minimum absolute atomic E-state index is 0.768. The summed E-state index contributed by atoms with van der Waals surface area (Å²) in [5, 5.41) is 0. The van der Waals surface area contributed by atoms with Crippen LogP contribution in [0.1, 0.15) is 39.5 Å². The van der Waals surface area contributed by atoms with Crippen LogP contribution in [0.2, 0.25) is 0 Å². The molecule has 0 saturated heterocycles. The molecular weight excluding hydrogens is 296 g/mol. The number of hydrogen-bond acceptors (Lipinski definition) is 4. The van der Waals surface area contributed by atoms with E-state index in [4.69, 9.17) is 5.73 Å². The molecule has 0 heterocycles. The third-order valence-corrected chi connectivity index (χ3v) is 4.06. The molecule has 4 heteroatoms. The monoisotopic (exact) mass is 326 g/mol. The van der Waals surface area contributed by atoms with Crippen molar-refractivity contribution in [2.75, 3.05) is 34.6 Å². The van der Waals surface area contributed by atoms with Gasteiger partial charge in [-0.3, -0.25) is 0 Å². The molecule has 0 aromatic heterocycles. The van der Waals surface area contributed by atoms with Crippen molar-refractivity contribution in [3.63, 3.8) is 0 Å². The fraction of sp³-hybridized carbons (Fsp3) is 0.400. The van der Waals surface area contributed by atoms with Gasteiger partial charge in [-0.1, -0.05) is 26.7 Å². The van der Waals surface area contributed by atoms with Crippen LogP contribution >= 0.6 is 0 Å². The summed E-state index contributed by atoms with van der Waals surface area (Å²) in [5.41, 5.74) is 16.2. The second-order valence-electron chi connectivity index (χ2n) is 6.11. The number of nitrogens with zero attached hydrogens (tertiary/aromatic N) is 1. The highest BCUT2D eigenvalue weighted by molar-refractivity contribution is 5.59. The third kappa shape index (κ3) is 5.69. The lowest BCUT2D eigenvalue weighted by molar-refractivity contribution is 0.678. The lowest BCUT2D eigenvalue weighted by atomic mass is 10.2. The molecule has 4 N–H and O–H groups in total. The van der Waals surface area contributed by atoms with Crippen LogP contribution in [0, 0.1) is 0 Å². The number of unbranched alkanes of at least 4 members (excludes halogenated alkanes) is 2. The Balaban J connectivity index is 1.93. The van der Waals surface area contributed by atoms with Gasteiger partial charge in [0.25, 0.3) is 0 Å². The Morgan fingerprint density at radius 3 is 1.67 bits per heavy atom. The van der Waals surface area contributed by atoms with Gasteiger partial charge in [0.2, 0.25) is 0 Å². The molecule has 0 saturated carbocycles. The van der Waals surface area contributed by atoms with Crippen molar-refractivity contribution in [1.82, 2.24) is 0 Å². The van der Waals surface area contributed by atoms with E-state index in [-0.39, 0.29) is 0 Å². The SMILES string of the molecule is CCCCN(CCCC)c1ccc(NNc2ccc(N)cc2)cc1. The number of hydrogen-bond donors (Lipinski definition) is 3. The second kappa shape index (κ2) is 9.71. The maximum atomic E-state index is 5.70. The Labute approximate surface area is 146 Å². The molecule has 0 radical (unpaired) electrons. The number of rotatable bonds is 10. The highest BCUT2D eigenvalue weighted by Crippen LogP contribution is 2.20. The maximum absolute atomic E-state index is 5.70. The first kappa shape index (κ1) is 18.0. The number of nitrogens with two attached hydrogens (primary N) is 1. The molecule has 0 aliphatic heterocycles. The summed E-state index contributed by atoms with van der Waals surface area (Å²) in [6.45, 7) is 6.75. The molecule has 4 nitrogen and oxygen atoms in total. The van der Waals surface area contributed by atoms with Gasteiger partial charge in [-0.25, -0.2) is 0 Å². The molecule has 24 heavy (non-hydrogen) atoms. The molecule has 0 bridgehead atoms. The van der Waals surface area contributed by atoms with Crippen LogP contribution in [-0.4, -0.2) is 13.1 Å². The summed E-state index contributed by atoms with van der Waals surface area (Å²) in [6.07, 6.45) is 4.94. The van der Waals surface area contributed by atoms with Crippen LogP contribution in [0.15, 0.2) is 48.5 Å². The Kier molecular flexibility index (Phi) is 7.27. The lowest BCUT2D eigenvalue weighted by Gasteiger charge is -2.25. The zero-order valence-corrected chi connectivity index (χ0v) is 14.9. The van der Waals surface area contributed by atoms with Crippen molar-refractivity contribution in [3.8, 4) is 0 Å². The van der Waals surface area contributed by atoms with Crippen molar-refractivity contribution < 1.29 is 0 Å². The normalized spacial score (nSPS) is 10.4. The van der Waals surface area contributed by atoms with Gasteiger partial charge >= 0.3 is 0 Å². The van der Waals surface area contributed by atoms with Gasteiger partial charge in [-0.2, -0.15) is 0 Å². The number of nitrogens with one attached hydrogen (secondary N) is 2. The van der Waals surface area contributed by atoms with Crippen LogP contribution in [0.4, 0.5) is 22.7 Å². The molecule has 2 rings (SSSR count). The molecule has 0 aliphatic carbocycles. The third-order valence-electron chi connectivity index (χ3n) is 4.06. The highest BCUT2D eigenvalue weighted by Gasteiger charge is 2.05. The van der Waals surface area contributed by atoms with Gasteiger partial charge in [-0.15, -0.1) is 0 Å². The van der Waals surface area contributed by atoms with Gasteiger partial charge in [0.15, 0.2) is 0 Å². The first-order valence-electron chi connectivity index (χ1n) is 8.95. The van der Waals surface area contributed by atoms with Gasteiger partial charge in [0.1, 0.15) is 0 Å². The van der Waals surface area contributed by atoms with Crippen LogP contribution in [0.3, 0.4) is 0 Å². The summed E-state index contributed by atoms with van der Waals surface area (Å²) in [7, 11) is 0. The number of nitrogen functional groups attached to an aromatic ring is 1. The van der Waals surface area contributed by atoms with E-state index in [1.165, 1.54) is 31.4 Å². The summed E-state index contributed by atoms with van der Waals surface area (Å²) < 4.78 is 0. The number of benzene rings is 2. The van der Waals surface area contributed by atoms with Gasteiger partial charge < -0.3 is 21.5 Å². The number of hydrazine groups is 1. The van der Waals surface area contributed by atoms with Crippen LogP contribution in [0.25, 0.3) is 0 Å². The van der Waals surface area contributed by atoms with Crippen LogP contribution < -0.4 is 21.5 Å². The first-order chi connectivity index (χ1) is 11.7. The molecule has 130 valence electrons. The molecule has 2 aromatic rings. The first-order valence-corrected chi connectivity index (χ1v) is 8.95. The summed E-state index contributed by atoms with van der Waals surface area (Å²) in [6, 6.07) is 16.3. The molecule has 0 spiro atoms. The second-order valence-corrected chi connectivity index (χ2v) is 6.11. The standard InChI is InChI=1S/C20H30N4/c1-3-5-15-24(16-6-4-2)20-13-11-19(12-14-20)23-22-18-9-7-17(21)8-10-18/h7-14,22-23H,3-6,15-16,21H2,1-2H3. The zero-order chi connectivity index (χ0) is 17.2. The lowest BCUT2D eigenvalue weighted by Crippen LogP contribution is -2.25. The molecule has 2 aromatic carbocycles. The molecular formula is C20H30N4. The molecule has 0 amide bonds. The topological polar surface area (TPSA) is 53.3 Å². The van der Waals surface area contributed by atoms with E-state index in [0.29, 0.717) is 0 Å². The summed E-state index contributed by atoms with van der Waals surface area (Å²) in [5.74, 6) is 0. The van der Waals surface area contributed by atoms with Gasteiger partial charge in [-0.05, 0) is 61.4 Å². The fourth-order valence-corrected chi connectivity index (χ4v) is 2.53. The minimum Gasteiger partial charge on any atom is -0.399 e. The van der Waals surface area contributed by atoms with E-state index in [9.17, 15) is 0 Å². The Hall–Kier alpha value is -2.36. The van der Waals surface area contributed by atoms with Gasteiger partial charge in [0, 0.05) is 24.5 Å². The highest BCUT2D eigenvalue weighted by atomic mass is 15.4. The van der Waals surface area contributed by atoms with E-state index >= 15 is 0 Å². The van der Waals surface area contributed by atoms with E-state index < -0.39 is 0 Å². The number of anilines is 4. The Morgan fingerprint density at radius 1 is 0.750 bits per heavy atom. The largest absolute Gasteiger partial charge is 0.399 e. The Morgan fingerprint density at radius 2 is 1.21 bits per heavy atom. The van der Waals surface area contributed by atoms with Crippen molar-refractivity contribution in [3.05, 3.63) is 48.5 Å². The Bertz CT molecular complexity index is 570. The van der Waals surface area contributed by atoms with Crippen molar-refractivity contribution in [1.29, 1.82) is 0 Å². The van der Waals surface area contributed by atoms with Crippen molar-refractivity contribution in [2.45, 2.75) is 39.5 Å². The summed E-state index contributed by atoms with van der Waals surface area (Å²) >= 11 is 0. The quantitative estimate of drug-likeness (QED) is 0.419. The molecule has 0 atom stereocenters. The minimum atomic E-state index is 0.768. The fourth-order valence-electron chi connectivity index (χ4n) is 2.53. The predicted molar refractivity (Wildman–Crippen MR) is 107 cm³/mol. The van der Waals surface area contributed by atoms with E-state index in [1.807, 2.05) is 24.3 Å². The summed E-state index contributed by atoms with van der Waals surface area (Å²) in [4.78, 5) is 2.49. The molecule has 0 fully saturated rings. The van der Waals surface area contributed by atoms with Crippen molar-refractivity contribution in [2.24, 2.45) is 0 Å². The van der Waals surface area contributed by atoms with Crippen LogP contribution in [0.5, 0.6) is 0 Å². The maximum Gasteiger partial charge on any atom is 0.0541 e. The van der Waals surface area contributed by atoms with Gasteiger partial charge in [0.05, 0.1) is 11.4 Å². The smallest absolute Gasteiger partial charge is 0.0541 e. The average Bonchev–Trinajstić information content (AvgIpc) is 2.62. The van der Waals surface area contributed by atoms with E-state index in [1.54, 1.807) is 0 Å². The van der Waals surface area contributed by atoms with Crippen LogP contribution in [-0.2, 0) is 0 Å². The molecule has 0 unspecified atom stereocenters. The van der Waals surface area contributed by atoms with E-state index in [0.717, 1.165) is 30.2 Å². The van der Waals surface area contributed by atoms with Crippen molar-refractivity contribution >= 4 is 22.7 Å². The predicted octanol–water partition coefficient (Wildman–Crippen LogP) is 5.11. The average molecular weight is 326 g/mol.